The minimum atomic E-state index is -2.69. The lowest BCUT2D eigenvalue weighted by molar-refractivity contribution is -0.157. The summed E-state index contributed by atoms with van der Waals surface area (Å²) in [4.78, 5) is 37.8. The number of nitrogens with two attached hydrogens (primary N) is 1. The second kappa shape index (κ2) is 17.6. The summed E-state index contributed by atoms with van der Waals surface area (Å²) < 4.78 is 0. The lowest BCUT2D eigenvalue weighted by Gasteiger charge is -2.51. The van der Waals surface area contributed by atoms with Crippen LogP contribution in [0.2, 0.25) is 0 Å². The summed E-state index contributed by atoms with van der Waals surface area (Å²) in [6, 6.07) is 4.23. The van der Waals surface area contributed by atoms with Gasteiger partial charge in [0.25, 0.3) is 5.91 Å². The van der Waals surface area contributed by atoms with Gasteiger partial charge >= 0.3 is 0 Å². The Morgan fingerprint density at radius 3 is 1.78 bits per heavy atom. The molecule has 0 heterocycles. The first-order valence-electron chi connectivity index (χ1n) is 9.39. The first kappa shape index (κ1) is 57.7. The Bertz CT molecular complexity index is 1100. The normalized spacial score (nSPS) is 26.1. The molecule has 0 radical (unpaired) electrons. The minimum Gasteiger partial charge on any atom is -0.508 e. The number of Topliss-reactive ketones (excluding diaryl/α,β-unsaturated/α-hetero) is 2. The van der Waals surface area contributed by atoms with E-state index in [0.29, 0.717) is 0 Å². The van der Waals surface area contributed by atoms with Crippen LogP contribution in [-0.4, -0.2) is 48.6 Å². The highest BCUT2D eigenvalue weighted by Gasteiger charge is 2.65. The second-order valence-corrected chi connectivity index (χ2v) is 8.34. The molecular weight excluding hydrogens is 526 g/mol. The Morgan fingerprint density at radius 2 is 1.34 bits per heavy atom. The summed E-state index contributed by atoms with van der Waals surface area (Å²) in [6.45, 7) is 2.80. The fourth-order valence-corrected chi connectivity index (χ4v) is 5.20. The largest absolute Gasteiger partial charge is 0.508 e. The average molecular weight is 592 g/mol. The maximum absolute atomic E-state index is 13.4. The van der Waals surface area contributed by atoms with Crippen LogP contribution in [0.5, 0.6) is 5.75 Å². The summed E-state index contributed by atoms with van der Waals surface area (Å²) >= 11 is 0. The first-order chi connectivity index (χ1) is 13.9. The van der Waals surface area contributed by atoms with Gasteiger partial charge in [0.05, 0.1) is 11.2 Å². The van der Waals surface area contributed by atoms with E-state index >= 15 is 0 Å². The third-order valence-electron chi connectivity index (χ3n) is 6.83. The van der Waals surface area contributed by atoms with E-state index in [0.717, 1.165) is 0 Å². The Morgan fingerprint density at radius 1 is 0.878 bits per heavy atom. The first-order valence-corrected chi connectivity index (χ1v) is 9.39. The minimum absolute atomic E-state index is 0. The van der Waals surface area contributed by atoms with Gasteiger partial charge in [0, 0.05) is 23.3 Å². The number of rotatable bonds is 1. The molecule has 9 heteroatoms. The number of hydrogen-bond acceptors (Lipinski definition) is 8. The van der Waals surface area contributed by atoms with Crippen LogP contribution in [0.4, 0.5) is 0 Å². The van der Waals surface area contributed by atoms with Crippen molar-refractivity contribution in [2.75, 3.05) is 0 Å². The van der Waals surface area contributed by atoms with Crippen molar-refractivity contribution in [1.82, 2.24) is 0 Å². The molecule has 41 heavy (non-hydrogen) atoms. The molecule has 5 atom stereocenters. The molecule has 1 saturated carbocycles. The van der Waals surface area contributed by atoms with Gasteiger partial charge in [-0.2, -0.15) is 0 Å². The van der Waals surface area contributed by atoms with Crippen LogP contribution in [0.15, 0.2) is 35.1 Å². The van der Waals surface area contributed by atoms with Gasteiger partial charge in [-0.25, -0.2) is 0 Å². The number of hydrogen-bond donors (Lipinski definition) is 6. The molecule has 3 aliphatic rings. The SMILES string of the molecule is C.C.C.C.C.C.C.C.C.C.C.C[C@@H]1C(=O)C(C(N)=O)=C(O)C2(O)C(=O)C3=C(O)c4c(O)cccc4C(C)(O)C3CC12. The Kier molecular flexibility index (Phi) is 24.8. The number of carbonyl (C=O) groups is 3. The molecule has 4 rings (SSSR count). The molecule has 7 N–H and O–H groups in total. The fourth-order valence-electron chi connectivity index (χ4n) is 5.20. The molecule has 4 unspecified atom stereocenters. The number of carbonyl (C=O) groups excluding carboxylic acids is 3. The molecular formula is C32H65NO8. The van der Waals surface area contributed by atoms with Crippen molar-refractivity contribution in [3.8, 4) is 5.75 Å². The Balaban J connectivity index is -0.000000165. The van der Waals surface area contributed by atoms with Gasteiger partial charge in [-0.05, 0) is 25.0 Å². The van der Waals surface area contributed by atoms with Crippen molar-refractivity contribution in [3.63, 3.8) is 0 Å². The van der Waals surface area contributed by atoms with Gasteiger partial charge in [-0.1, -0.05) is 101 Å². The monoisotopic (exact) mass is 591 g/mol. The highest BCUT2D eigenvalue weighted by molar-refractivity contribution is 6.23. The van der Waals surface area contributed by atoms with Gasteiger partial charge in [-0.3, -0.25) is 14.4 Å². The smallest absolute Gasteiger partial charge is 0.255 e. The zero-order valence-corrected chi connectivity index (χ0v) is 16.2. The molecule has 1 fully saturated rings. The number of phenolic OH excluding ortho intramolecular Hbond substituents is 1. The van der Waals surface area contributed by atoms with Crippen molar-refractivity contribution in [2.24, 2.45) is 23.5 Å². The lowest BCUT2D eigenvalue weighted by atomic mass is 9.53. The van der Waals surface area contributed by atoms with Crippen molar-refractivity contribution in [2.45, 2.75) is 113 Å². The zero-order chi connectivity index (χ0) is 22.3. The summed E-state index contributed by atoms with van der Waals surface area (Å²) in [5, 5.41) is 54.2. The third kappa shape index (κ3) is 6.84. The van der Waals surface area contributed by atoms with E-state index in [2.05, 4.69) is 0 Å². The highest BCUT2D eigenvalue weighted by atomic mass is 16.3. The molecule has 246 valence electrons. The number of amides is 1. The second-order valence-electron chi connectivity index (χ2n) is 8.34. The van der Waals surface area contributed by atoms with Gasteiger partial charge in [0.15, 0.2) is 11.4 Å². The number of aliphatic hydroxyl groups is 4. The predicted octanol–water partition coefficient (Wildman–Crippen LogP) is 7.33. The Labute approximate surface area is 251 Å². The van der Waals surface area contributed by atoms with E-state index in [-0.39, 0.29) is 105 Å². The summed E-state index contributed by atoms with van der Waals surface area (Å²) in [7, 11) is 0. The van der Waals surface area contributed by atoms with Crippen LogP contribution in [0.25, 0.3) is 5.76 Å². The molecule has 0 aliphatic heterocycles. The van der Waals surface area contributed by atoms with Crippen molar-refractivity contribution >= 4 is 23.2 Å². The maximum atomic E-state index is 13.4. The van der Waals surface area contributed by atoms with E-state index in [9.17, 15) is 39.9 Å². The number of aliphatic hydroxyl groups excluding tert-OH is 2. The fraction of sp³-hybridized carbons (Fsp3) is 0.594. The molecule has 0 spiro atoms. The number of ketones is 2. The average Bonchev–Trinajstić information content (AvgIpc) is 2.66. The van der Waals surface area contributed by atoms with Crippen LogP contribution in [0.3, 0.4) is 0 Å². The predicted molar refractivity (Wildman–Crippen MR) is 176 cm³/mol. The van der Waals surface area contributed by atoms with Gasteiger partial charge in [0.1, 0.15) is 22.8 Å². The van der Waals surface area contributed by atoms with E-state index in [1.807, 2.05) is 0 Å². The van der Waals surface area contributed by atoms with Crippen LogP contribution >= 0.6 is 0 Å². The summed E-state index contributed by atoms with van der Waals surface area (Å²) in [5.74, 6) is -8.73. The van der Waals surface area contributed by atoms with Crippen LogP contribution < -0.4 is 5.73 Å². The van der Waals surface area contributed by atoms with Crippen LogP contribution in [0, 0.1) is 17.8 Å². The van der Waals surface area contributed by atoms with Gasteiger partial charge in [-0.15, -0.1) is 0 Å². The molecule has 1 aromatic carbocycles. The van der Waals surface area contributed by atoms with E-state index in [4.69, 9.17) is 5.73 Å². The third-order valence-corrected chi connectivity index (χ3v) is 6.83. The van der Waals surface area contributed by atoms with E-state index < -0.39 is 69.1 Å². The zero-order valence-electron chi connectivity index (χ0n) is 16.2. The van der Waals surface area contributed by atoms with Crippen LogP contribution in [-0.2, 0) is 20.0 Å². The number of phenols is 1. The van der Waals surface area contributed by atoms with Crippen molar-refractivity contribution < 1.29 is 39.9 Å². The van der Waals surface area contributed by atoms with Crippen LogP contribution in [0.1, 0.15) is 113 Å². The standard InChI is InChI=1S/C21H21NO8.11CH4/c1-7-9-6-10-13(16(25)12-8(20(10,2)29)4-3-5-11(12)23)17(26)21(9,30)18(27)14(15(7)24)19(22)28;;;;;;;;;;;/h3-5,7,9-10,23,25,27,29-30H,6H2,1-2H3,(H2,22,28);11*1H4/t7-,9?,10?,20?,21?;;;;;;;;;;;/m0.........../s1. The lowest BCUT2D eigenvalue weighted by Crippen LogP contribution is -2.62. The summed E-state index contributed by atoms with van der Waals surface area (Å²) in [6.07, 6.45) is -0.160. The number of primary amides is 1. The van der Waals surface area contributed by atoms with Crippen molar-refractivity contribution in [1.29, 1.82) is 0 Å². The number of fused-ring (bicyclic) bond motifs is 3. The molecule has 0 aromatic heterocycles. The Hall–Kier alpha value is -3.17. The molecule has 1 amide bonds. The van der Waals surface area contributed by atoms with E-state index in [1.54, 1.807) is 0 Å². The number of aromatic hydroxyl groups is 1. The van der Waals surface area contributed by atoms with Gasteiger partial charge < -0.3 is 31.3 Å². The molecule has 9 nitrogen and oxygen atoms in total. The quantitative estimate of drug-likeness (QED) is 0.184. The maximum Gasteiger partial charge on any atom is 0.255 e. The van der Waals surface area contributed by atoms with Crippen molar-refractivity contribution in [3.05, 3.63) is 46.2 Å². The highest BCUT2D eigenvalue weighted by Crippen LogP contribution is 2.57. The molecule has 1 aromatic rings. The topological polar surface area (TPSA) is 178 Å². The summed E-state index contributed by atoms with van der Waals surface area (Å²) in [5.41, 5.74) is -0.480. The van der Waals surface area contributed by atoms with E-state index in [1.165, 1.54) is 32.0 Å². The molecule has 3 aliphatic carbocycles. The molecule has 0 saturated heterocycles. The number of benzene rings is 1. The van der Waals surface area contributed by atoms with Gasteiger partial charge in [0.2, 0.25) is 5.78 Å². The molecule has 0 bridgehead atoms.